The third-order valence-electron chi connectivity index (χ3n) is 19.7. The summed E-state index contributed by atoms with van der Waals surface area (Å²) in [6, 6.07) is 91.6. The van der Waals surface area contributed by atoms with E-state index in [4.69, 9.17) is 0 Å². The Bertz CT molecular complexity index is 4210. The molecule has 0 unspecified atom stereocenters. The first-order valence-corrected chi connectivity index (χ1v) is 36.0. The van der Waals surface area contributed by atoms with Gasteiger partial charge in [0.25, 0.3) is 0 Å². The second-order valence-corrected chi connectivity index (χ2v) is 34.9. The molecule has 0 spiro atoms. The number of anilines is 6. The Labute approximate surface area is 592 Å². The SMILES string of the molecule is CC(C)(C)c1ccc(-c2cc(C(C)(C)C)cc(-c3ccc(C(C)(C)C)cc3)c2N(c2cccc(Br)c2)c2cc(C3c4ccccc4Cc4ccccc43)cc(N(c3cccc(Br)c3)c3c(-c4ccc(C(C)(C)C)cc4)cc(C(C)(C)C)cc3-c3ccc(C(C)(C)C)cc3)c2)cc1. The molecule has 4 heteroatoms. The molecule has 0 bridgehead atoms. The number of rotatable bonds is 11. The minimum absolute atomic E-state index is 0.0388. The third kappa shape index (κ3) is 14.1. The molecule has 11 aromatic carbocycles. The predicted molar refractivity (Wildman–Crippen MR) is 422 cm³/mol. The fraction of sp³-hybridized carbons (Fsp3) is 0.283. The maximum absolute atomic E-state index is 4.08. The zero-order valence-electron chi connectivity index (χ0n) is 60.0. The van der Waals surface area contributed by atoms with Gasteiger partial charge in [-0.05, 0) is 201 Å². The minimum Gasteiger partial charge on any atom is -0.309 e. The quantitative estimate of drug-likeness (QED) is 0.127. The molecule has 488 valence electrons. The molecule has 0 heterocycles. The first kappa shape index (κ1) is 67.9. The summed E-state index contributed by atoms with van der Waals surface area (Å²) >= 11 is 8.17. The van der Waals surface area contributed by atoms with Gasteiger partial charge in [-0.25, -0.2) is 0 Å². The van der Waals surface area contributed by atoms with Crippen LogP contribution in [0.2, 0.25) is 0 Å². The molecule has 0 atom stereocenters. The maximum Gasteiger partial charge on any atom is 0.0618 e. The number of benzene rings is 11. The topological polar surface area (TPSA) is 6.48 Å². The van der Waals surface area contributed by atoms with E-state index in [1.165, 1.54) is 61.2 Å². The lowest BCUT2D eigenvalue weighted by atomic mass is 9.74. The molecular weight excluding hydrogens is 1290 g/mol. The van der Waals surface area contributed by atoms with Crippen molar-refractivity contribution in [2.75, 3.05) is 9.80 Å². The van der Waals surface area contributed by atoms with Crippen LogP contribution in [-0.2, 0) is 38.9 Å². The lowest BCUT2D eigenvalue weighted by Crippen LogP contribution is -2.20. The Morgan fingerprint density at radius 3 is 0.823 bits per heavy atom. The van der Waals surface area contributed by atoms with Crippen molar-refractivity contribution in [3.63, 3.8) is 0 Å². The van der Waals surface area contributed by atoms with Crippen LogP contribution >= 0.6 is 31.9 Å². The highest BCUT2D eigenvalue weighted by Crippen LogP contribution is 2.55. The highest BCUT2D eigenvalue weighted by Gasteiger charge is 2.34. The molecule has 1 aliphatic rings. The van der Waals surface area contributed by atoms with Crippen LogP contribution in [0.5, 0.6) is 0 Å². The standard InChI is InChI=1S/C92H96Br2N2/c1-87(2,3)66-41-33-59(34-42-66)80-52-70(91(13,14)15)53-81(60-35-43-67(44-36-60)88(4,5)6)85(80)95(74-29-23-27-72(93)56-74)76-50-65(84-78-31-21-19-25-63(78)49-64-26-20-22-32-79(64)84)51-77(58-76)96(75-30-24-28-73(94)57-75)86-82(61-37-45-68(46-38-61)89(7,8)9)54-71(92(16,17)18)55-83(86)62-39-47-69(48-40-62)90(10,11)12/h19-48,50-58,84H,49H2,1-18H3. The van der Waals surface area contributed by atoms with Gasteiger partial charge in [-0.15, -0.1) is 0 Å². The van der Waals surface area contributed by atoms with Gasteiger partial charge in [-0.1, -0.05) is 314 Å². The Morgan fingerprint density at radius 2 is 0.552 bits per heavy atom. The highest BCUT2D eigenvalue weighted by molar-refractivity contribution is 9.10. The van der Waals surface area contributed by atoms with Gasteiger partial charge in [-0.3, -0.25) is 0 Å². The number of nitrogens with zero attached hydrogens (tertiary/aromatic N) is 2. The summed E-state index contributed by atoms with van der Waals surface area (Å²) in [7, 11) is 0. The van der Waals surface area contributed by atoms with Gasteiger partial charge in [0.2, 0.25) is 0 Å². The third-order valence-corrected chi connectivity index (χ3v) is 20.7. The molecule has 11 aromatic rings. The fourth-order valence-corrected chi connectivity index (χ4v) is 14.6. The summed E-state index contributed by atoms with van der Waals surface area (Å²) in [5.41, 5.74) is 29.3. The molecule has 96 heavy (non-hydrogen) atoms. The van der Waals surface area contributed by atoms with E-state index in [1.54, 1.807) is 0 Å². The van der Waals surface area contributed by atoms with Crippen molar-refractivity contribution in [1.82, 2.24) is 0 Å². The molecule has 0 radical (unpaired) electrons. The van der Waals surface area contributed by atoms with Crippen LogP contribution in [0.4, 0.5) is 34.1 Å². The minimum atomic E-state index is -0.198. The zero-order valence-corrected chi connectivity index (χ0v) is 63.1. The highest BCUT2D eigenvalue weighted by atomic mass is 79.9. The van der Waals surface area contributed by atoms with Crippen LogP contribution in [0.25, 0.3) is 44.5 Å². The summed E-state index contributed by atoms with van der Waals surface area (Å²) in [6.07, 6.45) is 0.868. The Kier molecular flexibility index (Phi) is 18.2. The van der Waals surface area contributed by atoms with Crippen LogP contribution in [0.1, 0.15) is 192 Å². The molecule has 0 saturated carbocycles. The Morgan fingerprint density at radius 1 is 0.271 bits per heavy atom. The first-order valence-electron chi connectivity index (χ1n) is 34.4. The van der Waals surface area contributed by atoms with Crippen LogP contribution in [0.3, 0.4) is 0 Å². The van der Waals surface area contributed by atoms with Gasteiger partial charge in [0.15, 0.2) is 0 Å². The van der Waals surface area contributed by atoms with Crippen molar-refractivity contribution in [3.05, 3.63) is 307 Å². The average molecular weight is 1390 g/mol. The van der Waals surface area contributed by atoms with E-state index in [-0.39, 0.29) is 38.4 Å². The van der Waals surface area contributed by atoms with Crippen molar-refractivity contribution in [2.45, 2.75) is 169 Å². The van der Waals surface area contributed by atoms with Gasteiger partial charge in [-0.2, -0.15) is 0 Å². The summed E-state index contributed by atoms with van der Waals surface area (Å²) < 4.78 is 1.99. The van der Waals surface area contributed by atoms with Crippen molar-refractivity contribution in [1.29, 1.82) is 0 Å². The largest absolute Gasteiger partial charge is 0.309 e. The van der Waals surface area contributed by atoms with E-state index in [0.29, 0.717) is 0 Å². The molecule has 1 aliphatic carbocycles. The summed E-state index contributed by atoms with van der Waals surface area (Å²) in [4.78, 5) is 5.20. The summed E-state index contributed by atoms with van der Waals surface area (Å²) in [5.74, 6) is -0.118. The van der Waals surface area contributed by atoms with E-state index in [1.807, 2.05) is 0 Å². The van der Waals surface area contributed by atoms with Crippen molar-refractivity contribution in [2.24, 2.45) is 0 Å². The molecule has 0 amide bonds. The van der Waals surface area contributed by atoms with Crippen LogP contribution < -0.4 is 9.80 Å². The van der Waals surface area contributed by atoms with E-state index >= 15 is 0 Å². The molecule has 12 rings (SSSR count). The molecule has 0 saturated heterocycles. The van der Waals surface area contributed by atoms with Gasteiger partial charge in [0, 0.05) is 59.9 Å². The van der Waals surface area contributed by atoms with Gasteiger partial charge in [0.1, 0.15) is 0 Å². The predicted octanol–water partition coefficient (Wildman–Crippen LogP) is 27.7. The van der Waals surface area contributed by atoms with Crippen molar-refractivity contribution < 1.29 is 0 Å². The zero-order chi connectivity index (χ0) is 68.6. The molecule has 0 N–H and O–H groups in total. The second kappa shape index (κ2) is 25.8. The monoisotopic (exact) mass is 1390 g/mol. The van der Waals surface area contributed by atoms with Gasteiger partial charge < -0.3 is 9.80 Å². The van der Waals surface area contributed by atoms with Crippen molar-refractivity contribution >= 4 is 66.0 Å². The van der Waals surface area contributed by atoms with Gasteiger partial charge in [0.05, 0.1) is 11.4 Å². The second-order valence-electron chi connectivity index (χ2n) is 33.1. The molecule has 0 fully saturated rings. The molecule has 0 aliphatic heterocycles. The Balaban J connectivity index is 1.28. The van der Waals surface area contributed by atoms with E-state index < -0.39 is 0 Å². The summed E-state index contributed by atoms with van der Waals surface area (Å²) in [5, 5.41) is 0. The number of halogens is 2. The number of fused-ring (bicyclic) bond motifs is 2. The van der Waals surface area contributed by atoms with Crippen LogP contribution in [0, 0.1) is 0 Å². The molecular formula is C92H96Br2N2. The van der Waals surface area contributed by atoms with Crippen LogP contribution in [-0.4, -0.2) is 0 Å². The number of hydrogen-bond acceptors (Lipinski definition) is 2. The van der Waals surface area contributed by atoms with E-state index in [9.17, 15) is 0 Å². The van der Waals surface area contributed by atoms with Crippen molar-refractivity contribution in [3.8, 4) is 44.5 Å². The van der Waals surface area contributed by atoms with E-state index in [2.05, 4.69) is 403 Å². The maximum atomic E-state index is 4.08. The normalized spacial score (nSPS) is 13.1. The summed E-state index contributed by atoms with van der Waals surface area (Å²) in [6.45, 7) is 41.8. The first-order chi connectivity index (χ1) is 45.2. The van der Waals surface area contributed by atoms with Crippen LogP contribution in [0.15, 0.2) is 246 Å². The van der Waals surface area contributed by atoms with E-state index in [0.717, 1.165) is 94.0 Å². The van der Waals surface area contributed by atoms with Gasteiger partial charge >= 0.3 is 0 Å². The lowest BCUT2D eigenvalue weighted by molar-refractivity contribution is 0.589. The smallest absolute Gasteiger partial charge is 0.0618 e. The Hall–Kier alpha value is -8.02. The number of hydrogen-bond donors (Lipinski definition) is 0. The molecule has 0 aromatic heterocycles. The lowest BCUT2D eigenvalue weighted by Gasteiger charge is -2.37. The molecule has 2 nitrogen and oxygen atoms in total. The fourth-order valence-electron chi connectivity index (χ4n) is 13.9. The average Bonchev–Trinajstić information content (AvgIpc) is 0.735.